The lowest BCUT2D eigenvalue weighted by Crippen LogP contribution is -2.20. The first-order valence-corrected chi connectivity index (χ1v) is 13.7. The molecular formula is C35H45F4N3O. The summed E-state index contributed by atoms with van der Waals surface area (Å²) in [6, 6.07) is 10.8. The van der Waals surface area contributed by atoms with Crippen molar-refractivity contribution in [2.75, 3.05) is 27.7 Å². The van der Waals surface area contributed by atoms with E-state index in [9.17, 15) is 17.6 Å². The largest absolute Gasteiger partial charge is 0.438 e. The number of alkyl halides is 2. The van der Waals surface area contributed by atoms with Gasteiger partial charge in [-0.15, -0.1) is 0 Å². The Balaban J connectivity index is 0.000000754. The molecule has 0 aliphatic carbocycles. The smallest absolute Gasteiger partial charge is 0.312 e. The topological polar surface area (TPSA) is 37.2 Å². The molecule has 0 atom stereocenters. The zero-order valence-corrected chi connectivity index (χ0v) is 26.4. The van der Waals surface area contributed by atoms with E-state index in [-0.39, 0.29) is 23.3 Å². The predicted octanol–water partition coefficient (Wildman–Crippen LogP) is 9.35. The predicted molar refractivity (Wildman–Crippen MR) is 176 cm³/mol. The van der Waals surface area contributed by atoms with Crippen molar-refractivity contribution in [2.24, 2.45) is 9.98 Å². The monoisotopic (exact) mass is 599 g/mol. The average Bonchev–Trinajstić information content (AvgIpc) is 2.96. The van der Waals surface area contributed by atoms with E-state index in [0.717, 1.165) is 32.3 Å². The maximum Gasteiger partial charge on any atom is 0.312 e. The maximum atomic E-state index is 13.5. The Morgan fingerprint density at radius 1 is 1.05 bits per heavy atom. The third-order valence-electron chi connectivity index (χ3n) is 5.91. The van der Waals surface area contributed by atoms with Crippen LogP contribution in [0.3, 0.4) is 0 Å². The molecule has 0 N–H and O–H groups in total. The first kappa shape index (κ1) is 39.0. The highest BCUT2D eigenvalue weighted by molar-refractivity contribution is 5.84. The number of benzene rings is 2. The van der Waals surface area contributed by atoms with Crippen LogP contribution < -0.4 is 0 Å². The van der Waals surface area contributed by atoms with Crippen LogP contribution in [0.1, 0.15) is 49.9 Å². The molecule has 0 saturated heterocycles. The lowest BCUT2D eigenvalue weighted by Gasteiger charge is -2.17. The number of hydrogen-bond donors (Lipinski definition) is 0. The molecule has 2 rings (SSSR count). The summed E-state index contributed by atoms with van der Waals surface area (Å²) in [6.07, 6.45) is 7.52. The molecule has 0 aromatic heterocycles. The summed E-state index contributed by atoms with van der Waals surface area (Å²) in [6.45, 7) is 20.0. The summed E-state index contributed by atoms with van der Waals surface area (Å²) in [5.41, 5.74) is 5.10. The molecule has 234 valence electrons. The molecule has 0 amide bonds. The lowest BCUT2D eigenvalue weighted by atomic mass is 10.1. The van der Waals surface area contributed by atoms with Gasteiger partial charge in [-0.05, 0) is 75.4 Å². The Labute approximate surface area is 255 Å². The standard InChI is InChI=1S/C20H27N.C13H13F4NO.C2H5N/c1-6-9-18(10-7-2)15-21(5)16-19-11-13-20(14-12-19)17(4)8-3;1-4-9-10(14)5-8(6-11(9)15)7(2)19-13(18-3)12(16)17;1-3-2/h6-14H,1,15-16H2,2-5H3;5-6,12H,2,4H2,1,3H3;1H2,2H3/b10-7-,17-8+,18-9+;;. The van der Waals surface area contributed by atoms with Gasteiger partial charge in [0.05, 0.1) is 0 Å². The Morgan fingerprint density at radius 2 is 1.60 bits per heavy atom. The van der Waals surface area contributed by atoms with Gasteiger partial charge in [0.1, 0.15) is 17.4 Å². The van der Waals surface area contributed by atoms with Gasteiger partial charge in [0.25, 0.3) is 5.90 Å². The van der Waals surface area contributed by atoms with Crippen molar-refractivity contribution < 1.29 is 22.3 Å². The summed E-state index contributed by atoms with van der Waals surface area (Å²) in [5.74, 6) is -2.68. The van der Waals surface area contributed by atoms with Gasteiger partial charge in [0.2, 0.25) is 0 Å². The highest BCUT2D eigenvalue weighted by atomic mass is 19.3. The number of aliphatic imine (C=N–C) groups is 2. The van der Waals surface area contributed by atoms with Crippen molar-refractivity contribution in [3.05, 3.63) is 119 Å². The summed E-state index contributed by atoms with van der Waals surface area (Å²) in [5, 5.41) is 0. The third kappa shape index (κ3) is 14.6. The minimum atomic E-state index is -2.92. The molecule has 0 aliphatic rings. The van der Waals surface area contributed by atoms with E-state index in [0.29, 0.717) is 0 Å². The van der Waals surface area contributed by atoms with Crippen molar-refractivity contribution in [3.8, 4) is 0 Å². The third-order valence-corrected chi connectivity index (χ3v) is 5.91. The molecule has 0 fully saturated rings. The Kier molecular flexibility index (Phi) is 19.6. The summed E-state index contributed by atoms with van der Waals surface area (Å²) in [4.78, 5) is 8.79. The van der Waals surface area contributed by atoms with Crippen LogP contribution in [0.15, 0.2) is 95.5 Å². The number of nitrogens with zero attached hydrogens (tertiary/aromatic N) is 3. The van der Waals surface area contributed by atoms with Crippen LogP contribution in [0.2, 0.25) is 0 Å². The van der Waals surface area contributed by atoms with Gasteiger partial charge in [-0.1, -0.05) is 74.7 Å². The molecule has 8 heteroatoms. The molecule has 0 aliphatic heterocycles. The minimum absolute atomic E-state index is 0.0472. The van der Waals surface area contributed by atoms with Crippen LogP contribution in [-0.4, -0.2) is 51.6 Å². The molecular weight excluding hydrogens is 554 g/mol. The summed E-state index contributed by atoms with van der Waals surface area (Å²) >= 11 is 0. The van der Waals surface area contributed by atoms with E-state index in [2.05, 4.69) is 104 Å². The van der Waals surface area contributed by atoms with E-state index >= 15 is 0 Å². The molecule has 0 spiro atoms. The van der Waals surface area contributed by atoms with Gasteiger partial charge >= 0.3 is 6.43 Å². The van der Waals surface area contributed by atoms with Gasteiger partial charge in [-0.25, -0.2) is 8.78 Å². The van der Waals surface area contributed by atoms with E-state index in [1.54, 1.807) is 14.0 Å². The van der Waals surface area contributed by atoms with Crippen LogP contribution in [0, 0.1) is 11.6 Å². The molecule has 0 heterocycles. The van der Waals surface area contributed by atoms with Gasteiger partial charge in [0, 0.05) is 38.3 Å². The van der Waals surface area contributed by atoms with Crippen LogP contribution in [0.25, 0.3) is 11.3 Å². The van der Waals surface area contributed by atoms with E-state index in [1.807, 2.05) is 13.0 Å². The fourth-order valence-corrected chi connectivity index (χ4v) is 3.72. The van der Waals surface area contributed by atoms with E-state index in [1.165, 1.54) is 22.3 Å². The Morgan fingerprint density at radius 3 is 2.02 bits per heavy atom. The Hall–Kier alpha value is -4.04. The second-order valence-corrected chi connectivity index (χ2v) is 9.29. The van der Waals surface area contributed by atoms with Crippen molar-refractivity contribution in [3.63, 3.8) is 0 Å². The maximum absolute atomic E-state index is 13.5. The highest BCUT2D eigenvalue weighted by Gasteiger charge is 2.18. The van der Waals surface area contributed by atoms with Gasteiger partial charge in [-0.3, -0.25) is 9.89 Å². The fourth-order valence-electron chi connectivity index (χ4n) is 3.72. The number of likely N-dealkylation sites (N-methyl/N-ethyl adjacent to an activating group) is 1. The van der Waals surface area contributed by atoms with Crippen LogP contribution in [-0.2, 0) is 17.7 Å². The second kappa shape index (κ2) is 21.6. The molecule has 0 radical (unpaired) electrons. The minimum Gasteiger partial charge on any atom is -0.438 e. The lowest BCUT2D eigenvalue weighted by molar-refractivity contribution is 0.196. The SMILES string of the molecule is C=C(OC(=NC)C(F)F)c1cc(F)c(CC)c(F)c1.C=C/C=C(\C=C/C)CN(C)Cc1ccc(/C(C)=C/C)cc1.C=NC. The van der Waals surface area contributed by atoms with Crippen molar-refractivity contribution in [2.45, 2.75) is 47.1 Å². The zero-order chi connectivity index (χ0) is 32.9. The first-order valence-electron chi connectivity index (χ1n) is 13.7. The fraction of sp³-hybridized carbons (Fsp3) is 0.314. The van der Waals surface area contributed by atoms with Crippen molar-refractivity contribution >= 4 is 23.9 Å². The quantitative estimate of drug-likeness (QED) is 0.0849. The van der Waals surface area contributed by atoms with Crippen LogP contribution in [0.4, 0.5) is 17.6 Å². The van der Waals surface area contributed by atoms with Gasteiger partial charge in [0.15, 0.2) is 0 Å². The molecule has 0 unspecified atom stereocenters. The second-order valence-electron chi connectivity index (χ2n) is 9.29. The highest BCUT2D eigenvalue weighted by Crippen LogP contribution is 2.22. The van der Waals surface area contributed by atoms with E-state index in [4.69, 9.17) is 4.74 Å². The molecule has 0 saturated carbocycles. The molecule has 2 aromatic rings. The number of allylic oxidation sites excluding steroid dienone is 5. The van der Waals surface area contributed by atoms with E-state index < -0.39 is 24.0 Å². The van der Waals surface area contributed by atoms with Crippen molar-refractivity contribution in [1.82, 2.24) is 4.90 Å². The molecule has 0 bridgehead atoms. The zero-order valence-electron chi connectivity index (χ0n) is 26.4. The van der Waals surface area contributed by atoms with Crippen LogP contribution in [0.5, 0.6) is 0 Å². The Bertz CT molecular complexity index is 1270. The normalized spacial score (nSPS) is 12.0. The summed E-state index contributed by atoms with van der Waals surface area (Å²) < 4.78 is 56.6. The number of rotatable bonds is 11. The van der Waals surface area contributed by atoms with Gasteiger partial charge < -0.3 is 9.73 Å². The van der Waals surface area contributed by atoms with Gasteiger partial charge in [-0.2, -0.15) is 8.78 Å². The first-order chi connectivity index (χ1) is 20.4. The molecule has 4 nitrogen and oxygen atoms in total. The number of hydrogen-bond acceptors (Lipinski definition) is 4. The average molecular weight is 600 g/mol. The number of ether oxygens (including phenoxy) is 1. The summed E-state index contributed by atoms with van der Waals surface area (Å²) in [7, 11) is 4.90. The van der Waals surface area contributed by atoms with Crippen molar-refractivity contribution in [1.29, 1.82) is 0 Å². The molecule has 2 aromatic carbocycles. The number of halogens is 4. The van der Waals surface area contributed by atoms with Crippen LogP contribution >= 0.6 is 0 Å². The molecule has 43 heavy (non-hydrogen) atoms.